The third-order valence-electron chi connectivity index (χ3n) is 3.76. The van der Waals surface area contributed by atoms with Gasteiger partial charge in [-0.25, -0.2) is 14.4 Å². The third-order valence-corrected chi connectivity index (χ3v) is 3.76. The number of nitrogens with zero attached hydrogens (tertiary/aromatic N) is 4. The molecule has 0 unspecified atom stereocenters. The van der Waals surface area contributed by atoms with Gasteiger partial charge in [-0.2, -0.15) is 0 Å². The second-order valence-corrected chi connectivity index (χ2v) is 5.54. The molecule has 0 radical (unpaired) electrons. The number of aryl methyl sites for hydroxylation is 1. The molecule has 2 heterocycles. The number of likely N-dealkylation sites (N-methyl/N-ethyl adjacent to an activating group) is 1. The smallest absolute Gasteiger partial charge is 0.224 e. The molecule has 1 aliphatic rings. The van der Waals surface area contributed by atoms with Crippen LogP contribution in [0.2, 0.25) is 0 Å². The highest BCUT2D eigenvalue weighted by Crippen LogP contribution is 2.26. The molecular formula is C16H19FN4O. The van der Waals surface area contributed by atoms with Crippen molar-refractivity contribution in [2.45, 2.75) is 6.92 Å². The lowest BCUT2D eigenvalue weighted by Crippen LogP contribution is -2.44. The highest BCUT2D eigenvalue weighted by molar-refractivity contribution is 5.43. The molecule has 22 heavy (non-hydrogen) atoms. The fraction of sp³-hybridized carbons (Fsp3) is 0.375. The fourth-order valence-corrected chi connectivity index (χ4v) is 2.40. The first-order chi connectivity index (χ1) is 10.6. The van der Waals surface area contributed by atoms with Crippen molar-refractivity contribution in [3.8, 4) is 11.6 Å². The lowest BCUT2D eigenvalue weighted by molar-refractivity contribution is 0.312. The molecule has 116 valence electrons. The summed E-state index contributed by atoms with van der Waals surface area (Å²) in [4.78, 5) is 12.8. The monoisotopic (exact) mass is 302 g/mol. The van der Waals surface area contributed by atoms with Gasteiger partial charge in [0.2, 0.25) is 5.88 Å². The Hall–Kier alpha value is -2.21. The van der Waals surface area contributed by atoms with Gasteiger partial charge in [-0.1, -0.05) is 6.07 Å². The summed E-state index contributed by atoms with van der Waals surface area (Å²) in [5.74, 6) is 0.952. The highest BCUT2D eigenvalue weighted by atomic mass is 19.1. The summed E-state index contributed by atoms with van der Waals surface area (Å²) >= 11 is 0. The molecule has 1 aliphatic heterocycles. The van der Waals surface area contributed by atoms with E-state index in [1.807, 2.05) is 6.92 Å². The summed E-state index contributed by atoms with van der Waals surface area (Å²) in [6.07, 6.45) is 1.46. The van der Waals surface area contributed by atoms with Gasteiger partial charge in [0.1, 0.15) is 12.1 Å². The number of rotatable bonds is 3. The minimum atomic E-state index is -0.398. The average molecular weight is 302 g/mol. The Morgan fingerprint density at radius 1 is 1.09 bits per heavy atom. The number of benzene rings is 1. The summed E-state index contributed by atoms with van der Waals surface area (Å²) in [6.45, 7) is 5.69. The van der Waals surface area contributed by atoms with E-state index in [0.717, 1.165) is 37.6 Å². The lowest BCUT2D eigenvalue weighted by Gasteiger charge is -2.33. The SMILES string of the molecule is Cc1ccc(F)c(Oc2cc(N3CCN(C)CC3)ncn2)c1. The van der Waals surface area contributed by atoms with E-state index in [1.165, 1.54) is 12.4 Å². The molecule has 1 saturated heterocycles. The lowest BCUT2D eigenvalue weighted by atomic mass is 10.2. The predicted octanol–water partition coefficient (Wildman–Crippen LogP) is 2.47. The Balaban J connectivity index is 1.78. The van der Waals surface area contributed by atoms with E-state index < -0.39 is 5.82 Å². The van der Waals surface area contributed by atoms with Gasteiger partial charge in [-0.15, -0.1) is 0 Å². The highest BCUT2D eigenvalue weighted by Gasteiger charge is 2.16. The van der Waals surface area contributed by atoms with E-state index in [0.29, 0.717) is 5.88 Å². The van der Waals surface area contributed by atoms with Crippen LogP contribution in [0.25, 0.3) is 0 Å². The van der Waals surface area contributed by atoms with Gasteiger partial charge < -0.3 is 14.5 Å². The number of hydrogen-bond acceptors (Lipinski definition) is 5. The molecule has 0 N–H and O–H groups in total. The zero-order valence-electron chi connectivity index (χ0n) is 12.8. The molecular weight excluding hydrogens is 283 g/mol. The molecule has 1 aromatic carbocycles. The van der Waals surface area contributed by atoms with Crippen molar-refractivity contribution in [1.82, 2.24) is 14.9 Å². The molecule has 0 aliphatic carbocycles. The largest absolute Gasteiger partial charge is 0.436 e. The zero-order valence-corrected chi connectivity index (χ0v) is 12.8. The van der Waals surface area contributed by atoms with Gasteiger partial charge in [0, 0.05) is 32.2 Å². The number of hydrogen-bond donors (Lipinski definition) is 0. The quantitative estimate of drug-likeness (QED) is 0.871. The fourth-order valence-electron chi connectivity index (χ4n) is 2.40. The Kier molecular flexibility index (Phi) is 4.20. The average Bonchev–Trinajstić information content (AvgIpc) is 2.52. The van der Waals surface area contributed by atoms with Gasteiger partial charge in [0.15, 0.2) is 11.6 Å². The third kappa shape index (κ3) is 3.33. The number of halogens is 1. The molecule has 6 heteroatoms. The summed E-state index contributed by atoms with van der Waals surface area (Å²) in [7, 11) is 2.10. The molecule has 0 atom stereocenters. The van der Waals surface area contributed by atoms with Crippen LogP contribution in [0.15, 0.2) is 30.6 Å². The van der Waals surface area contributed by atoms with Gasteiger partial charge in [-0.3, -0.25) is 0 Å². The molecule has 3 rings (SSSR count). The molecule has 1 aromatic heterocycles. The van der Waals surface area contributed by atoms with Crippen LogP contribution in [0, 0.1) is 12.7 Å². The molecule has 0 saturated carbocycles. The van der Waals surface area contributed by atoms with Crippen molar-refractivity contribution in [3.05, 3.63) is 42.0 Å². The van der Waals surface area contributed by atoms with Crippen LogP contribution in [-0.2, 0) is 0 Å². The van der Waals surface area contributed by atoms with Gasteiger partial charge in [0.05, 0.1) is 0 Å². The standard InChI is InChI=1S/C16H19FN4O/c1-12-3-4-13(17)14(9-12)22-16-10-15(18-11-19-16)21-7-5-20(2)6-8-21/h3-4,9-11H,5-8H2,1-2H3. The second kappa shape index (κ2) is 6.27. The molecule has 0 bridgehead atoms. The van der Waals surface area contributed by atoms with Crippen LogP contribution in [0.4, 0.5) is 10.2 Å². The van der Waals surface area contributed by atoms with Crippen molar-refractivity contribution in [2.24, 2.45) is 0 Å². The van der Waals surface area contributed by atoms with Crippen LogP contribution < -0.4 is 9.64 Å². The van der Waals surface area contributed by atoms with E-state index >= 15 is 0 Å². The van der Waals surface area contributed by atoms with E-state index in [9.17, 15) is 4.39 Å². The number of anilines is 1. The van der Waals surface area contributed by atoms with Crippen LogP contribution >= 0.6 is 0 Å². The van der Waals surface area contributed by atoms with E-state index in [2.05, 4.69) is 26.8 Å². The minimum Gasteiger partial charge on any atom is -0.436 e. The van der Waals surface area contributed by atoms with Gasteiger partial charge >= 0.3 is 0 Å². The van der Waals surface area contributed by atoms with Crippen molar-refractivity contribution in [3.63, 3.8) is 0 Å². The second-order valence-electron chi connectivity index (χ2n) is 5.54. The Morgan fingerprint density at radius 2 is 1.86 bits per heavy atom. The van der Waals surface area contributed by atoms with Crippen molar-refractivity contribution in [2.75, 3.05) is 38.1 Å². The van der Waals surface area contributed by atoms with Crippen molar-refractivity contribution in [1.29, 1.82) is 0 Å². The van der Waals surface area contributed by atoms with E-state index in [-0.39, 0.29) is 5.75 Å². The maximum atomic E-state index is 13.8. The van der Waals surface area contributed by atoms with Gasteiger partial charge in [0.25, 0.3) is 0 Å². The van der Waals surface area contributed by atoms with Crippen molar-refractivity contribution >= 4 is 5.82 Å². The maximum absolute atomic E-state index is 13.8. The summed E-state index contributed by atoms with van der Waals surface area (Å²) in [6, 6.07) is 6.52. The predicted molar refractivity (Wildman–Crippen MR) is 83.0 cm³/mol. The summed E-state index contributed by atoms with van der Waals surface area (Å²) in [5.41, 5.74) is 0.935. The van der Waals surface area contributed by atoms with Crippen LogP contribution in [0.3, 0.4) is 0 Å². The van der Waals surface area contributed by atoms with Crippen LogP contribution in [0.5, 0.6) is 11.6 Å². The molecule has 0 amide bonds. The van der Waals surface area contributed by atoms with E-state index in [4.69, 9.17) is 4.74 Å². The number of aromatic nitrogens is 2. The molecule has 0 spiro atoms. The van der Waals surface area contributed by atoms with Crippen LogP contribution in [0.1, 0.15) is 5.56 Å². The van der Waals surface area contributed by atoms with Crippen molar-refractivity contribution < 1.29 is 9.13 Å². The summed E-state index contributed by atoms with van der Waals surface area (Å²) in [5, 5.41) is 0. The number of ether oxygens (including phenoxy) is 1. The first-order valence-electron chi connectivity index (χ1n) is 7.31. The Bertz CT molecular complexity index is 656. The summed E-state index contributed by atoms with van der Waals surface area (Å²) < 4.78 is 19.3. The van der Waals surface area contributed by atoms with Crippen LogP contribution in [-0.4, -0.2) is 48.1 Å². The van der Waals surface area contributed by atoms with E-state index in [1.54, 1.807) is 18.2 Å². The molecule has 5 nitrogen and oxygen atoms in total. The molecule has 1 fully saturated rings. The first kappa shape index (κ1) is 14.7. The topological polar surface area (TPSA) is 41.5 Å². The molecule has 2 aromatic rings. The minimum absolute atomic E-state index is 0.183. The Labute approximate surface area is 129 Å². The Morgan fingerprint density at radius 3 is 2.64 bits per heavy atom. The first-order valence-corrected chi connectivity index (χ1v) is 7.31. The maximum Gasteiger partial charge on any atom is 0.224 e. The normalized spacial score (nSPS) is 15.9. The zero-order chi connectivity index (χ0) is 15.5. The van der Waals surface area contributed by atoms with Gasteiger partial charge in [-0.05, 0) is 31.7 Å². The number of piperazine rings is 1.